The molecule has 0 atom stereocenters. The zero-order valence-electron chi connectivity index (χ0n) is 13.3. The van der Waals surface area contributed by atoms with Gasteiger partial charge in [0.15, 0.2) is 0 Å². The molecule has 0 bridgehead atoms. The number of hydrogen-bond acceptors (Lipinski definition) is 4. The van der Waals surface area contributed by atoms with E-state index in [0.29, 0.717) is 28.3 Å². The lowest BCUT2D eigenvalue weighted by atomic mass is 10.2. The Labute approximate surface area is 144 Å². The topological polar surface area (TPSA) is 60.8 Å². The fourth-order valence-corrected chi connectivity index (χ4v) is 2.34. The third-order valence-electron chi connectivity index (χ3n) is 3.65. The molecule has 0 saturated heterocycles. The summed E-state index contributed by atoms with van der Waals surface area (Å²) in [7, 11) is 0. The Morgan fingerprint density at radius 3 is 2.40 bits per heavy atom. The van der Waals surface area contributed by atoms with Crippen LogP contribution in [0.4, 0.5) is 26.0 Å². The van der Waals surface area contributed by atoms with E-state index in [0.717, 1.165) is 6.21 Å². The van der Waals surface area contributed by atoms with Gasteiger partial charge in [-0.25, -0.2) is 13.8 Å². The Balaban J connectivity index is 1.82. The maximum absolute atomic E-state index is 13.8. The summed E-state index contributed by atoms with van der Waals surface area (Å²) in [4.78, 5) is 4.18. The van der Waals surface area contributed by atoms with Crippen molar-refractivity contribution in [1.82, 2.24) is 4.98 Å². The highest BCUT2D eigenvalue weighted by Gasteiger charge is 2.07. The van der Waals surface area contributed by atoms with E-state index < -0.39 is 0 Å². The summed E-state index contributed by atoms with van der Waals surface area (Å²) in [6.45, 7) is 0.261. The van der Waals surface area contributed by atoms with Crippen molar-refractivity contribution in [3.63, 3.8) is 0 Å². The first-order valence-corrected chi connectivity index (χ1v) is 7.66. The number of nitrogens with zero attached hydrogens (tertiary/aromatic N) is 1. The Kier molecular flexibility index (Phi) is 4.99. The van der Waals surface area contributed by atoms with E-state index in [-0.39, 0.29) is 18.2 Å². The lowest BCUT2D eigenvalue weighted by Gasteiger charge is -2.13. The van der Waals surface area contributed by atoms with Crippen LogP contribution in [0.5, 0.6) is 0 Å². The van der Waals surface area contributed by atoms with E-state index >= 15 is 0 Å². The van der Waals surface area contributed by atoms with Crippen LogP contribution in [0.1, 0.15) is 11.1 Å². The van der Waals surface area contributed by atoms with E-state index in [1.54, 1.807) is 42.5 Å². The van der Waals surface area contributed by atoms with Gasteiger partial charge < -0.3 is 16.0 Å². The molecule has 3 aromatic rings. The van der Waals surface area contributed by atoms with Crippen LogP contribution in [-0.2, 0) is 6.54 Å². The molecule has 4 nitrogen and oxygen atoms in total. The quantitative estimate of drug-likeness (QED) is 0.570. The van der Waals surface area contributed by atoms with Crippen molar-refractivity contribution in [2.24, 2.45) is 0 Å². The summed E-state index contributed by atoms with van der Waals surface area (Å²) in [5.41, 5.74) is 1.97. The molecule has 126 valence electrons. The van der Waals surface area contributed by atoms with Crippen LogP contribution in [0.15, 0.2) is 60.8 Å². The van der Waals surface area contributed by atoms with Gasteiger partial charge in [-0.05, 0) is 18.2 Å². The zero-order valence-corrected chi connectivity index (χ0v) is 13.3. The molecule has 0 aliphatic carbocycles. The van der Waals surface area contributed by atoms with Crippen molar-refractivity contribution in [3.8, 4) is 0 Å². The summed E-state index contributed by atoms with van der Waals surface area (Å²) in [6.07, 6.45) is 2.66. The van der Waals surface area contributed by atoms with E-state index in [2.05, 4.69) is 15.6 Å². The molecule has 2 aromatic carbocycles. The predicted molar refractivity (Wildman–Crippen MR) is 95.5 cm³/mol. The molecule has 3 rings (SSSR count). The van der Waals surface area contributed by atoms with Gasteiger partial charge in [-0.15, -0.1) is 0 Å². The molecule has 3 N–H and O–H groups in total. The number of para-hydroxylation sites is 1. The average molecular weight is 338 g/mol. The fraction of sp³-hybridized carbons (Fsp3) is 0.0526. The van der Waals surface area contributed by atoms with Crippen molar-refractivity contribution in [1.29, 1.82) is 5.41 Å². The normalized spacial score (nSPS) is 10.3. The second-order valence-electron chi connectivity index (χ2n) is 5.35. The van der Waals surface area contributed by atoms with Crippen molar-refractivity contribution in [2.75, 3.05) is 10.6 Å². The van der Waals surface area contributed by atoms with E-state index in [1.165, 1.54) is 18.3 Å². The van der Waals surface area contributed by atoms with Crippen LogP contribution >= 0.6 is 0 Å². The Bertz CT molecular complexity index is 896. The summed E-state index contributed by atoms with van der Waals surface area (Å²) < 4.78 is 27.5. The SMILES string of the molecule is N=Cc1cnc(Nc2ccccc2F)cc1NCc1ccccc1F. The number of rotatable bonds is 6. The van der Waals surface area contributed by atoms with Gasteiger partial charge in [-0.2, -0.15) is 0 Å². The summed E-state index contributed by atoms with van der Waals surface area (Å²) in [5, 5.41) is 13.5. The third kappa shape index (κ3) is 3.98. The lowest BCUT2D eigenvalue weighted by molar-refractivity contribution is 0.613. The molecule has 0 amide bonds. The lowest BCUT2D eigenvalue weighted by Crippen LogP contribution is -2.06. The highest BCUT2D eigenvalue weighted by Crippen LogP contribution is 2.23. The number of nitrogens with one attached hydrogen (secondary N) is 3. The maximum atomic E-state index is 13.8. The largest absolute Gasteiger partial charge is 0.380 e. The van der Waals surface area contributed by atoms with Crippen LogP contribution in [-0.4, -0.2) is 11.2 Å². The summed E-state index contributed by atoms with van der Waals surface area (Å²) in [6, 6.07) is 14.4. The number of anilines is 3. The summed E-state index contributed by atoms with van der Waals surface area (Å²) in [5.74, 6) is -0.266. The number of pyridine rings is 1. The smallest absolute Gasteiger partial charge is 0.146 e. The van der Waals surface area contributed by atoms with Gasteiger partial charge in [-0.1, -0.05) is 30.3 Å². The first-order chi connectivity index (χ1) is 12.2. The predicted octanol–water partition coefficient (Wildman–Crippen LogP) is 4.71. The second-order valence-corrected chi connectivity index (χ2v) is 5.35. The highest BCUT2D eigenvalue weighted by molar-refractivity contribution is 5.86. The van der Waals surface area contributed by atoms with Gasteiger partial charge in [0.05, 0.1) is 5.69 Å². The minimum Gasteiger partial charge on any atom is -0.380 e. The highest BCUT2D eigenvalue weighted by atomic mass is 19.1. The van der Waals surface area contributed by atoms with Crippen molar-refractivity contribution < 1.29 is 8.78 Å². The number of hydrogen-bond donors (Lipinski definition) is 3. The van der Waals surface area contributed by atoms with Gasteiger partial charge in [0.25, 0.3) is 0 Å². The standard InChI is InChI=1S/C19H16F2N4/c20-15-6-2-1-5-13(15)11-23-18-9-19(24-12-14(18)10-22)25-17-8-4-3-7-16(17)21/h1-10,12,22H,11H2,(H2,23,24,25). The molecular formula is C19H16F2N4. The Hall–Kier alpha value is -3.28. The molecular weight excluding hydrogens is 322 g/mol. The Morgan fingerprint density at radius 2 is 1.68 bits per heavy atom. The molecule has 1 heterocycles. The monoisotopic (exact) mass is 338 g/mol. The van der Waals surface area contributed by atoms with Crippen molar-refractivity contribution >= 4 is 23.4 Å². The molecule has 0 spiro atoms. The molecule has 0 aliphatic rings. The summed E-state index contributed by atoms with van der Waals surface area (Å²) >= 11 is 0. The van der Waals surface area contributed by atoms with Gasteiger partial charge in [0.2, 0.25) is 0 Å². The maximum Gasteiger partial charge on any atom is 0.146 e. The van der Waals surface area contributed by atoms with E-state index in [1.807, 2.05) is 0 Å². The molecule has 0 aliphatic heterocycles. The zero-order chi connectivity index (χ0) is 17.6. The fourth-order valence-electron chi connectivity index (χ4n) is 2.34. The molecule has 25 heavy (non-hydrogen) atoms. The first kappa shape index (κ1) is 16.6. The minimum absolute atomic E-state index is 0.261. The number of halogens is 2. The van der Waals surface area contributed by atoms with E-state index in [9.17, 15) is 8.78 Å². The first-order valence-electron chi connectivity index (χ1n) is 7.66. The molecule has 0 unspecified atom stereocenters. The third-order valence-corrected chi connectivity index (χ3v) is 3.65. The van der Waals surface area contributed by atoms with Crippen LogP contribution in [0.3, 0.4) is 0 Å². The number of aromatic nitrogens is 1. The second kappa shape index (κ2) is 7.53. The van der Waals surface area contributed by atoms with Crippen LogP contribution in [0, 0.1) is 17.0 Å². The van der Waals surface area contributed by atoms with Crippen LogP contribution in [0.25, 0.3) is 0 Å². The molecule has 0 fully saturated rings. The molecule has 1 aromatic heterocycles. The molecule has 0 radical (unpaired) electrons. The van der Waals surface area contributed by atoms with Crippen molar-refractivity contribution in [2.45, 2.75) is 6.54 Å². The van der Waals surface area contributed by atoms with E-state index in [4.69, 9.17) is 5.41 Å². The van der Waals surface area contributed by atoms with Gasteiger partial charge in [0.1, 0.15) is 17.5 Å². The van der Waals surface area contributed by atoms with Gasteiger partial charge >= 0.3 is 0 Å². The van der Waals surface area contributed by atoms with Gasteiger partial charge in [0, 0.05) is 41.8 Å². The Morgan fingerprint density at radius 1 is 0.960 bits per heavy atom. The molecule has 0 saturated carbocycles. The van der Waals surface area contributed by atoms with Crippen LogP contribution < -0.4 is 10.6 Å². The van der Waals surface area contributed by atoms with Crippen LogP contribution in [0.2, 0.25) is 0 Å². The van der Waals surface area contributed by atoms with Gasteiger partial charge in [-0.3, -0.25) is 0 Å². The minimum atomic E-state index is -0.388. The van der Waals surface area contributed by atoms with Crippen molar-refractivity contribution in [3.05, 3.63) is 83.6 Å². The molecule has 6 heteroatoms. The average Bonchev–Trinajstić information content (AvgIpc) is 2.63. The number of benzene rings is 2.